The molecule has 0 saturated heterocycles. The number of nitrogens with zero attached hydrogens (tertiary/aromatic N) is 2. The van der Waals surface area contributed by atoms with E-state index in [1.54, 1.807) is 13.1 Å². The molecule has 5 nitrogen and oxygen atoms in total. The third-order valence-corrected chi connectivity index (χ3v) is 5.97. The van der Waals surface area contributed by atoms with Gasteiger partial charge in [0.2, 0.25) is 5.91 Å². The van der Waals surface area contributed by atoms with Crippen LogP contribution in [0.3, 0.4) is 0 Å². The first-order valence-electron chi connectivity index (χ1n) is 7.09. The lowest BCUT2D eigenvalue weighted by atomic mass is 10.2. The van der Waals surface area contributed by atoms with Gasteiger partial charge in [0.25, 0.3) is 5.56 Å². The number of aryl methyl sites for hydroxylation is 1. The van der Waals surface area contributed by atoms with E-state index < -0.39 is 0 Å². The Bertz CT molecular complexity index is 981. The van der Waals surface area contributed by atoms with Gasteiger partial charge in [-0.05, 0) is 64.7 Å². The molecular weight excluding hydrogens is 457 g/mol. The molecule has 1 amide bonds. The van der Waals surface area contributed by atoms with E-state index >= 15 is 0 Å². The number of aromatic nitrogens is 2. The predicted octanol–water partition coefficient (Wildman–Crippen LogP) is 3.64. The van der Waals surface area contributed by atoms with Crippen LogP contribution in [0.4, 0.5) is 5.69 Å². The monoisotopic (exact) mass is 471 g/mol. The summed E-state index contributed by atoms with van der Waals surface area (Å²) in [6.07, 6.45) is 0. The Hall–Kier alpha value is -1.39. The highest BCUT2D eigenvalue weighted by atomic mass is 127. The lowest BCUT2D eigenvalue weighted by Gasteiger charge is -2.09. The number of carbonyl (C=O) groups excluding carboxylic acids is 1. The highest BCUT2D eigenvalue weighted by molar-refractivity contribution is 14.1. The van der Waals surface area contributed by atoms with Crippen molar-refractivity contribution in [1.82, 2.24) is 9.55 Å². The number of fused-ring (bicyclic) bond motifs is 1. The van der Waals surface area contributed by atoms with Crippen molar-refractivity contribution in [2.24, 2.45) is 7.05 Å². The molecule has 0 radical (unpaired) electrons. The van der Waals surface area contributed by atoms with Crippen LogP contribution in [-0.2, 0) is 11.8 Å². The number of halogens is 1. The number of carbonyl (C=O) groups is 1. The van der Waals surface area contributed by atoms with Crippen molar-refractivity contribution in [3.05, 3.63) is 49.1 Å². The lowest BCUT2D eigenvalue weighted by Crippen LogP contribution is -2.21. The fourth-order valence-corrected chi connectivity index (χ4v) is 4.42. The number of thiophene rings is 1. The highest BCUT2D eigenvalue weighted by Gasteiger charge is 2.12. The van der Waals surface area contributed by atoms with Crippen molar-refractivity contribution >= 4 is 67.5 Å². The molecule has 1 aromatic carbocycles. The number of amides is 1. The molecule has 0 bridgehead atoms. The van der Waals surface area contributed by atoms with Gasteiger partial charge in [-0.1, -0.05) is 11.8 Å². The maximum Gasteiger partial charge on any atom is 0.262 e. The van der Waals surface area contributed by atoms with E-state index in [-0.39, 0.29) is 17.2 Å². The van der Waals surface area contributed by atoms with Gasteiger partial charge in [-0.15, -0.1) is 11.3 Å². The first-order chi connectivity index (χ1) is 11.5. The van der Waals surface area contributed by atoms with E-state index in [4.69, 9.17) is 0 Å². The molecule has 3 aromatic rings. The molecule has 0 spiro atoms. The Morgan fingerprint density at radius 2 is 2.21 bits per heavy atom. The van der Waals surface area contributed by atoms with E-state index in [0.717, 1.165) is 14.8 Å². The van der Waals surface area contributed by atoms with Crippen molar-refractivity contribution in [1.29, 1.82) is 0 Å². The molecule has 0 saturated carbocycles. The molecule has 124 valence electrons. The van der Waals surface area contributed by atoms with Gasteiger partial charge in [0.15, 0.2) is 5.16 Å². The number of nitrogens with one attached hydrogen (secondary N) is 1. The minimum Gasteiger partial charge on any atom is -0.325 e. The van der Waals surface area contributed by atoms with Gasteiger partial charge < -0.3 is 5.32 Å². The van der Waals surface area contributed by atoms with Gasteiger partial charge in [0.1, 0.15) is 4.83 Å². The van der Waals surface area contributed by atoms with E-state index in [1.165, 1.54) is 27.7 Å². The van der Waals surface area contributed by atoms with Crippen LogP contribution in [0.2, 0.25) is 0 Å². The average Bonchev–Trinajstić information content (AvgIpc) is 3.01. The average molecular weight is 471 g/mol. The standard InChI is InChI=1S/C16H14IN3O2S2/c1-9-7-10(17)3-4-12(9)18-13(21)8-24-16-19-14-11(5-6-23-14)15(22)20(16)2/h3-7H,8H2,1-2H3,(H,18,21). The second-order valence-corrected chi connectivity index (χ2v) is 8.28. The summed E-state index contributed by atoms with van der Waals surface area (Å²) in [5, 5.41) is 5.91. The van der Waals surface area contributed by atoms with Gasteiger partial charge in [-0.3, -0.25) is 14.2 Å². The Balaban J connectivity index is 1.72. The molecule has 0 aliphatic carbocycles. The Kier molecular flexibility index (Phi) is 5.26. The SMILES string of the molecule is Cc1cc(I)ccc1NC(=O)CSc1nc2sccc2c(=O)n1C. The Morgan fingerprint density at radius 1 is 1.42 bits per heavy atom. The Morgan fingerprint density at radius 3 is 2.96 bits per heavy atom. The number of hydrogen-bond acceptors (Lipinski definition) is 5. The van der Waals surface area contributed by atoms with Crippen molar-refractivity contribution in [2.45, 2.75) is 12.1 Å². The number of benzene rings is 1. The van der Waals surface area contributed by atoms with Crippen LogP contribution in [0.15, 0.2) is 39.6 Å². The van der Waals surface area contributed by atoms with E-state index in [0.29, 0.717) is 15.4 Å². The summed E-state index contributed by atoms with van der Waals surface area (Å²) in [5.41, 5.74) is 1.74. The minimum atomic E-state index is -0.121. The number of anilines is 1. The topological polar surface area (TPSA) is 64.0 Å². The number of thioether (sulfide) groups is 1. The zero-order valence-corrected chi connectivity index (χ0v) is 16.8. The van der Waals surface area contributed by atoms with Crippen molar-refractivity contribution in [3.63, 3.8) is 0 Å². The molecule has 3 rings (SSSR count). The van der Waals surface area contributed by atoms with Crippen LogP contribution in [0.1, 0.15) is 5.56 Å². The largest absolute Gasteiger partial charge is 0.325 e. The molecule has 0 fully saturated rings. The van der Waals surface area contributed by atoms with Crippen molar-refractivity contribution in [3.8, 4) is 0 Å². The Labute approximate surface area is 160 Å². The summed E-state index contributed by atoms with van der Waals surface area (Å²) in [7, 11) is 1.68. The van der Waals surface area contributed by atoms with E-state index in [1.807, 2.05) is 30.5 Å². The summed E-state index contributed by atoms with van der Waals surface area (Å²) < 4.78 is 2.62. The summed E-state index contributed by atoms with van der Waals surface area (Å²) in [4.78, 5) is 29.6. The van der Waals surface area contributed by atoms with Gasteiger partial charge >= 0.3 is 0 Å². The smallest absolute Gasteiger partial charge is 0.262 e. The first kappa shape index (κ1) is 17.4. The summed E-state index contributed by atoms with van der Waals surface area (Å²) in [6.45, 7) is 1.96. The third-order valence-electron chi connectivity index (χ3n) is 3.46. The maximum absolute atomic E-state index is 12.2. The molecule has 0 unspecified atom stereocenters. The van der Waals surface area contributed by atoms with Crippen molar-refractivity contribution < 1.29 is 4.79 Å². The molecule has 8 heteroatoms. The molecule has 0 aliphatic rings. The predicted molar refractivity (Wildman–Crippen MR) is 108 cm³/mol. The van der Waals surface area contributed by atoms with Crippen LogP contribution in [0, 0.1) is 10.5 Å². The molecular formula is C16H14IN3O2S2. The van der Waals surface area contributed by atoms with Gasteiger partial charge in [-0.25, -0.2) is 4.98 Å². The highest BCUT2D eigenvalue weighted by Crippen LogP contribution is 2.21. The van der Waals surface area contributed by atoms with Gasteiger partial charge in [0.05, 0.1) is 11.1 Å². The summed E-state index contributed by atoms with van der Waals surface area (Å²) in [6, 6.07) is 7.63. The molecule has 0 aliphatic heterocycles. The minimum absolute atomic E-state index is 0.0855. The van der Waals surface area contributed by atoms with E-state index in [9.17, 15) is 9.59 Å². The zero-order valence-electron chi connectivity index (χ0n) is 13.0. The molecule has 0 atom stereocenters. The van der Waals surface area contributed by atoms with Crippen LogP contribution in [-0.4, -0.2) is 21.2 Å². The van der Waals surface area contributed by atoms with Gasteiger partial charge in [-0.2, -0.15) is 0 Å². The molecule has 24 heavy (non-hydrogen) atoms. The van der Waals surface area contributed by atoms with E-state index in [2.05, 4.69) is 32.9 Å². The second-order valence-electron chi connectivity index (χ2n) is 5.19. The third kappa shape index (κ3) is 3.65. The molecule has 2 aromatic heterocycles. The number of rotatable bonds is 4. The quantitative estimate of drug-likeness (QED) is 0.359. The summed E-state index contributed by atoms with van der Waals surface area (Å²) >= 11 is 4.92. The first-order valence-corrected chi connectivity index (χ1v) is 10.0. The fourth-order valence-electron chi connectivity index (χ4n) is 2.19. The normalized spacial score (nSPS) is 11.0. The molecule has 2 heterocycles. The van der Waals surface area contributed by atoms with Crippen LogP contribution >= 0.6 is 45.7 Å². The maximum atomic E-state index is 12.2. The van der Waals surface area contributed by atoms with Crippen LogP contribution < -0.4 is 10.9 Å². The van der Waals surface area contributed by atoms with Crippen molar-refractivity contribution in [2.75, 3.05) is 11.1 Å². The number of hydrogen-bond donors (Lipinski definition) is 1. The fraction of sp³-hybridized carbons (Fsp3) is 0.188. The lowest BCUT2D eigenvalue weighted by molar-refractivity contribution is -0.113. The second kappa shape index (κ2) is 7.24. The van der Waals surface area contributed by atoms with Gasteiger partial charge in [0, 0.05) is 16.3 Å². The molecule has 1 N–H and O–H groups in total. The van der Waals surface area contributed by atoms with Crippen LogP contribution in [0.25, 0.3) is 10.2 Å². The summed E-state index contributed by atoms with van der Waals surface area (Å²) in [5.74, 6) is 0.0765. The zero-order chi connectivity index (χ0) is 17.3. The van der Waals surface area contributed by atoms with Crippen LogP contribution in [0.5, 0.6) is 0 Å².